The van der Waals surface area contributed by atoms with Crippen molar-refractivity contribution in [3.05, 3.63) is 33.8 Å². The van der Waals surface area contributed by atoms with Gasteiger partial charge < -0.3 is 5.32 Å². The average Bonchev–Trinajstić information content (AvgIpc) is 2.69. The first-order chi connectivity index (χ1) is 10.8. The van der Waals surface area contributed by atoms with Gasteiger partial charge in [0.05, 0.1) is 6.67 Å². The zero-order chi connectivity index (χ0) is 17.1. The molecule has 1 fully saturated rings. The van der Waals surface area contributed by atoms with Gasteiger partial charge >= 0.3 is 6.03 Å². The fraction of sp³-hybridized carbons (Fsp3) is 0.500. The van der Waals surface area contributed by atoms with E-state index in [1.807, 2.05) is 31.9 Å². The highest BCUT2D eigenvalue weighted by Gasteiger charge is 2.38. The van der Waals surface area contributed by atoms with Crippen LogP contribution in [0.3, 0.4) is 0 Å². The summed E-state index contributed by atoms with van der Waals surface area (Å²) in [5, 5.41) is 3.89. The number of benzene rings is 1. The molecule has 0 bridgehead atoms. The van der Waals surface area contributed by atoms with E-state index in [0.29, 0.717) is 28.9 Å². The van der Waals surface area contributed by atoms with E-state index in [0.717, 1.165) is 5.56 Å². The summed E-state index contributed by atoms with van der Waals surface area (Å²) in [6.07, 6.45) is 0.647. The minimum Gasteiger partial charge on any atom is -0.326 e. The van der Waals surface area contributed by atoms with Crippen molar-refractivity contribution in [2.45, 2.75) is 32.9 Å². The molecule has 126 valence electrons. The summed E-state index contributed by atoms with van der Waals surface area (Å²) < 4.78 is 0. The van der Waals surface area contributed by atoms with Gasteiger partial charge in [-0.2, -0.15) is 0 Å². The van der Waals surface area contributed by atoms with Gasteiger partial charge in [0.15, 0.2) is 0 Å². The first-order valence-electron chi connectivity index (χ1n) is 7.52. The SMILES string of the molecule is CC(C)CC1NC(=O)N(CN(C)Cc2ccc(Cl)cc2Cl)C1=O. The van der Waals surface area contributed by atoms with Gasteiger partial charge in [-0.1, -0.05) is 43.1 Å². The number of carbonyl (C=O) groups is 2. The average molecular weight is 358 g/mol. The van der Waals surface area contributed by atoms with E-state index in [2.05, 4.69) is 5.32 Å². The van der Waals surface area contributed by atoms with Crippen LogP contribution in [0.1, 0.15) is 25.8 Å². The third kappa shape index (κ3) is 4.59. The zero-order valence-electron chi connectivity index (χ0n) is 13.5. The Morgan fingerprint density at radius 1 is 1.30 bits per heavy atom. The number of carbonyl (C=O) groups excluding carboxylic acids is 2. The second-order valence-corrected chi connectivity index (χ2v) is 7.13. The molecular weight excluding hydrogens is 337 g/mol. The molecule has 3 amide bonds. The van der Waals surface area contributed by atoms with E-state index in [9.17, 15) is 9.59 Å². The quantitative estimate of drug-likeness (QED) is 0.794. The predicted molar refractivity (Wildman–Crippen MR) is 91.4 cm³/mol. The maximum absolute atomic E-state index is 12.3. The van der Waals surface area contributed by atoms with Crippen LogP contribution in [-0.4, -0.2) is 41.5 Å². The summed E-state index contributed by atoms with van der Waals surface area (Å²) in [6.45, 7) is 4.79. The van der Waals surface area contributed by atoms with E-state index in [1.165, 1.54) is 4.90 Å². The number of urea groups is 1. The van der Waals surface area contributed by atoms with Gasteiger partial charge in [0.2, 0.25) is 0 Å². The van der Waals surface area contributed by atoms with E-state index >= 15 is 0 Å². The molecule has 0 aromatic heterocycles. The maximum Gasteiger partial charge on any atom is 0.325 e. The molecule has 5 nitrogen and oxygen atoms in total. The Kier molecular flexibility index (Phi) is 5.89. The lowest BCUT2D eigenvalue weighted by Crippen LogP contribution is -2.40. The Hall–Kier alpha value is -1.30. The zero-order valence-corrected chi connectivity index (χ0v) is 15.0. The van der Waals surface area contributed by atoms with Crippen LogP contribution in [0.2, 0.25) is 10.0 Å². The highest BCUT2D eigenvalue weighted by molar-refractivity contribution is 6.35. The van der Waals surface area contributed by atoms with Crippen molar-refractivity contribution in [3.63, 3.8) is 0 Å². The lowest BCUT2D eigenvalue weighted by Gasteiger charge is -2.22. The van der Waals surface area contributed by atoms with Gasteiger partial charge in [-0.15, -0.1) is 0 Å². The minimum absolute atomic E-state index is 0.169. The highest BCUT2D eigenvalue weighted by atomic mass is 35.5. The number of halogens is 2. The third-order valence-electron chi connectivity index (χ3n) is 3.65. The standard InChI is InChI=1S/C16H21Cl2N3O2/c1-10(2)6-14-15(22)21(16(23)19-14)9-20(3)8-11-4-5-12(17)7-13(11)18/h4-5,7,10,14H,6,8-9H2,1-3H3,(H,19,23). The Morgan fingerprint density at radius 2 is 2.00 bits per heavy atom. The summed E-state index contributed by atoms with van der Waals surface area (Å²) in [7, 11) is 1.83. The number of amides is 3. The number of hydrogen-bond donors (Lipinski definition) is 1. The monoisotopic (exact) mass is 357 g/mol. The summed E-state index contributed by atoms with van der Waals surface area (Å²) >= 11 is 12.0. The molecule has 1 aliphatic rings. The van der Waals surface area contributed by atoms with E-state index < -0.39 is 6.04 Å². The lowest BCUT2D eigenvalue weighted by atomic mass is 10.0. The molecule has 0 spiro atoms. The van der Waals surface area contributed by atoms with Crippen molar-refractivity contribution in [1.82, 2.24) is 15.1 Å². The molecule has 1 unspecified atom stereocenters. The molecule has 1 aromatic rings. The largest absolute Gasteiger partial charge is 0.326 e. The Bertz CT molecular complexity index is 607. The number of nitrogens with one attached hydrogen (secondary N) is 1. The Morgan fingerprint density at radius 3 is 2.61 bits per heavy atom. The molecule has 23 heavy (non-hydrogen) atoms. The Labute approximate surface area is 146 Å². The summed E-state index contributed by atoms with van der Waals surface area (Å²) in [5.41, 5.74) is 0.893. The van der Waals surface area contributed by atoms with Crippen LogP contribution in [0.4, 0.5) is 4.79 Å². The van der Waals surface area contributed by atoms with Gasteiger partial charge in [-0.25, -0.2) is 9.69 Å². The molecule has 1 heterocycles. The first-order valence-corrected chi connectivity index (χ1v) is 8.28. The molecule has 7 heteroatoms. The predicted octanol–water partition coefficient (Wildman–Crippen LogP) is 3.35. The van der Waals surface area contributed by atoms with Crippen LogP contribution in [-0.2, 0) is 11.3 Å². The van der Waals surface area contributed by atoms with Gasteiger partial charge in [0.1, 0.15) is 6.04 Å². The lowest BCUT2D eigenvalue weighted by molar-refractivity contribution is -0.129. The van der Waals surface area contributed by atoms with E-state index in [4.69, 9.17) is 23.2 Å². The molecule has 1 aliphatic heterocycles. The number of imide groups is 1. The molecule has 1 atom stereocenters. The molecule has 1 N–H and O–H groups in total. The van der Waals surface area contributed by atoms with Crippen molar-refractivity contribution in [1.29, 1.82) is 0 Å². The number of rotatable bonds is 6. The third-order valence-corrected chi connectivity index (χ3v) is 4.24. The van der Waals surface area contributed by atoms with Crippen molar-refractivity contribution in [3.8, 4) is 0 Å². The molecule has 0 saturated carbocycles. The molecule has 0 radical (unpaired) electrons. The molecule has 2 rings (SSSR count). The molecule has 0 aliphatic carbocycles. The normalized spacial score (nSPS) is 18.2. The van der Waals surface area contributed by atoms with Crippen molar-refractivity contribution < 1.29 is 9.59 Å². The second kappa shape index (κ2) is 7.51. The second-order valence-electron chi connectivity index (χ2n) is 6.29. The van der Waals surface area contributed by atoms with E-state index in [-0.39, 0.29) is 18.6 Å². The van der Waals surface area contributed by atoms with Crippen LogP contribution in [0, 0.1) is 5.92 Å². The minimum atomic E-state index is -0.421. The number of hydrogen-bond acceptors (Lipinski definition) is 3. The molecule has 1 aromatic carbocycles. The van der Waals surface area contributed by atoms with Gasteiger partial charge in [0, 0.05) is 16.6 Å². The van der Waals surface area contributed by atoms with Crippen LogP contribution >= 0.6 is 23.2 Å². The molecule has 1 saturated heterocycles. The van der Waals surface area contributed by atoms with Crippen molar-refractivity contribution in [2.75, 3.05) is 13.7 Å². The Balaban J connectivity index is 1.98. The van der Waals surface area contributed by atoms with Crippen LogP contribution in [0.15, 0.2) is 18.2 Å². The summed E-state index contributed by atoms with van der Waals surface area (Å²) in [4.78, 5) is 27.4. The van der Waals surface area contributed by atoms with Crippen molar-refractivity contribution in [2.24, 2.45) is 5.92 Å². The van der Waals surface area contributed by atoms with E-state index in [1.54, 1.807) is 12.1 Å². The maximum atomic E-state index is 12.3. The summed E-state index contributed by atoms with van der Waals surface area (Å²) in [5.74, 6) is 0.174. The van der Waals surface area contributed by atoms with Crippen LogP contribution in [0.5, 0.6) is 0 Å². The smallest absolute Gasteiger partial charge is 0.325 e. The van der Waals surface area contributed by atoms with Gasteiger partial charge in [0.25, 0.3) is 5.91 Å². The fourth-order valence-corrected chi connectivity index (χ4v) is 3.04. The summed E-state index contributed by atoms with van der Waals surface area (Å²) in [6, 6.07) is 4.53. The first kappa shape index (κ1) is 18.0. The number of nitrogens with zero attached hydrogens (tertiary/aromatic N) is 2. The fourth-order valence-electron chi connectivity index (χ4n) is 2.57. The van der Waals surface area contributed by atoms with Crippen LogP contribution in [0.25, 0.3) is 0 Å². The molecular formula is C16H21Cl2N3O2. The topological polar surface area (TPSA) is 52.7 Å². The van der Waals surface area contributed by atoms with Gasteiger partial charge in [-0.05, 0) is 37.1 Å². The highest BCUT2D eigenvalue weighted by Crippen LogP contribution is 2.22. The van der Waals surface area contributed by atoms with Crippen LogP contribution < -0.4 is 5.32 Å². The van der Waals surface area contributed by atoms with Gasteiger partial charge in [-0.3, -0.25) is 9.69 Å². The van der Waals surface area contributed by atoms with Crippen molar-refractivity contribution >= 4 is 35.1 Å².